The van der Waals surface area contributed by atoms with Gasteiger partial charge in [0.25, 0.3) is 0 Å². The summed E-state index contributed by atoms with van der Waals surface area (Å²) in [7, 11) is 0. The van der Waals surface area contributed by atoms with E-state index < -0.39 is 0 Å². The molecule has 0 radical (unpaired) electrons. The molecule has 0 saturated heterocycles. The Balaban J connectivity index is 0.0000000890. The van der Waals surface area contributed by atoms with E-state index in [1.54, 1.807) is 0 Å². The number of hydrogen-bond donors (Lipinski definition) is 0. The lowest BCUT2D eigenvalue weighted by Crippen LogP contribution is -2.55. The van der Waals surface area contributed by atoms with Crippen LogP contribution in [0.15, 0.2) is 458 Å². The number of benzene rings is 19. The van der Waals surface area contributed by atoms with Gasteiger partial charge in [0.1, 0.15) is 16.7 Å². The van der Waals surface area contributed by atoms with Gasteiger partial charge in [-0.15, -0.1) is 11.3 Å². The Morgan fingerprint density at radius 2 is 0.457 bits per heavy atom. The van der Waals surface area contributed by atoms with Crippen molar-refractivity contribution in [3.8, 4) is 44.5 Å². The van der Waals surface area contributed by atoms with Crippen molar-refractivity contribution in [2.24, 2.45) is 0 Å². The third-order valence-corrected chi connectivity index (χ3v) is 28.5. The Labute approximate surface area is 751 Å². The minimum atomic E-state index is 0.00214. The smallest absolute Gasteiger partial charge is 0.421 e. The number of furan rings is 2. The van der Waals surface area contributed by atoms with Crippen LogP contribution in [0.4, 0.5) is 91.0 Å². The van der Waals surface area contributed by atoms with Crippen LogP contribution in [-0.2, 0) is 0 Å². The van der Waals surface area contributed by atoms with Gasteiger partial charge < -0.3 is 47.3 Å². The molecule has 10 nitrogen and oxygen atoms in total. The van der Waals surface area contributed by atoms with Gasteiger partial charge in [-0.05, 0) is 178 Å². The normalized spacial score (nSPS) is 13.7. The molecule has 30 rings (SSSR count). The van der Waals surface area contributed by atoms with E-state index >= 15 is 0 Å². The van der Waals surface area contributed by atoms with Crippen LogP contribution < -0.4 is 60.3 Å². The highest BCUT2D eigenvalue weighted by atomic mass is 32.1. The zero-order valence-electron chi connectivity index (χ0n) is 69.8. The zero-order chi connectivity index (χ0) is 84.5. The van der Waals surface area contributed by atoms with E-state index in [0.29, 0.717) is 0 Å². The minimum absolute atomic E-state index is 0.00214. The summed E-state index contributed by atoms with van der Waals surface area (Å²) < 4.78 is 15.3. The van der Waals surface area contributed by atoms with Gasteiger partial charge in [-0.1, -0.05) is 315 Å². The number of rotatable bonds is 4. The first-order valence-electron chi connectivity index (χ1n) is 44.3. The van der Waals surface area contributed by atoms with E-state index in [2.05, 4.69) is 469 Å². The van der Waals surface area contributed by atoms with Crippen LogP contribution in [0.2, 0.25) is 0 Å². The van der Waals surface area contributed by atoms with Crippen molar-refractivity contribution in [3.63, 3.8) is 0 Å². The van der Waals surface area contributed by atoms with E-state index in [9.17, 15) is 0 Å². The zero-order valence-corrected chi connectivity index (χ0v) is 70.7. The van der Waals surface area contributed by atoms with Gasteiger partial charge >= 0.3 is 27.9 Å². The molecule has 19 aromatic carbocycles. The Morgan fingerprint density at radius 1 is 0.171 bits per heavy atom. The van der Waals surface area contributed by atoms with Crippen LogP contribution in [0.3, 0.4) is 0 Å². The Hall–Kier alpha value is -16.3. The molecule has 0 amide bonds. The lowest BCUT2D eigenvalue weighted by molar-refractivity contribution is 0.669. The number of para-hydroxylation sites is 16. The van der Waals surface area contributed by atoms with Crippen molar-refractivity contribution in [1.29, 1.82) is 0 Å². The molecule has 0 unspecified atom stereocenters. The van der Waals surface area contributed by atoms with Crippen molar-refractivity contribution in [2.45, 2.75) is 0 Å². The molecule has 0 spiro atoms. The van der Waals surface area contributed by atoms with E-state index in [-0.39, 0.29) is 27.9 Å². The molecule has 0 N–H and O–H groups in total. The molecule has 8 aliphatic rings. The van der Waals surface area contributed by atoms with Crippen molar-refractivity contribution < 1.29 is 8.83 Å². The summed E-state index contributed by atoms with van der Waals surface area (Å²) in [6.45, 7) is 0.233. The van der Waals surface area contributed by atoms with Crippen LogP contribution in [0, 0.1) is 0 Å². The molecule has 22 aromatic rings. The van der Waals surface area contributed by atoms with E-state index in [1.807, 2.05) is 29.5 Å². The highest BCUT2D eigenvalue weighted by molar-refractivity contribution is 7.26. The van der Waals surface area contributed by atoms with Crippen molar-refractivity contribution in [3.05, 3.63) is 449 Å². The lowest BCUT2D eigenvalue weighted by Gasteiger charge is -2.36. The van der Waals surface area contributed by atoms with Gasteiger partial charge in [0.2, 0.25) is 0 Å². The second-order valence-electron chi connectivity index (χ2n) is 33.9. The first-order chi connectivity index (χ1) is 64.1. The SMILES string of the molecule is c1ccc(N2B3c4ccccc4-c4ccccc4N3c3ccccc32)cc1.c1ccc2c(c1)B1N(c3ccc4oc5ccccc5c4c3)c3ccccc3N1c1ccccc1-2.c1ccc2c(c1)B1N(c3ccccc3-2)c2ccccc2N1c1cccc2c1oc1ccccc12.c1ccc2c(c1)B1N(c3ccccc3-2)c2ccccc2N1c1cccc2c1sc1ccccc12. The Morgan fingerprint density at radius 3 is 0.907 bits per heavy atom. The molecule has 600 valence electrons. The van der Waals surface area contributed by atoms with Crippen LogP contribution in [0.25, 0.3) is 109 Å². The van der Waals surface area contributed by atoms with Gasteiger partial charge in [-0.2, -0.15) is 0 Å². The molecule has 3 aromatic heterocycles. The Bertz CT molecular complexity index is 8040. The third-order valence-electron chi connectivity index (χ3n) is 27.3. The molecule has 0 saturated carbocycles. The molecule has 11 heterocycles. The fraction of sp³-hybridized carbons (Fsp3) is 0. The first kappa shape index (κ1) is 73.1. The molecule has 0 atom stereocenters. The summed E-state index contributed by atoms with van der Waals surface area (Å²) in [5.74, 6) is 0. The fourth-order valence-electron chi connectivity index (χ4n) is 22.1. The van der Waals surface area contributed by atoms with E-state index in [0.717, 1.165) is 55.3 Å². The van der Waals surface area contributed by atoms with Gasteiger partial charge in [0.05, 0.1) is 55.9 Å². The van der Waals surface area contributed by atoms with Crippen molar-refractivity contribution >= 4 is 216 Å². The standard InChI is InChI=1S/2C30H19BN2O.C30H19BN2S.C24H17BN2/c1-4-14-24-20(10-1)21-11-2-5-15-25(21)32-26-16-6-7-17-27(26)33(31(24)32)28-18-9-13-23-22-12-3-8-19-29(22)34-30(23)28;1-4-12-25-21(9-1)22-10-2-5-13-26(22)33-28-15-7-6-14-27(28)32(31(25)33)20-17-18-30-24(19-20)23-11-3-8-16-29(23)34-30;1-4-14-24-20(10-1)21-11-2-5-15-25(21)32-26-16-6-7-17-27(26)33(31(24)32)28-18-9-13-23-22-12-3-8-19-29(22)34-30(23)28;1-2-10-18(11-3-1)26-23-16-8-9-17-24(23)27-22-15-7-5-13-20(22)19-12-4-6-14-21(19)25(26)27/h3*1-19H;1-17H. The third kappa shape index (κ3) is 11.0. The summed E-state index contributed by atoms with van der Waals surface area (Å²) in [6, 6.07) is 161. The van der Waals surface area contributed by atoms with Crippen LogP contribution >= 0.6 is 11.3 Å². The molecular weight excluding hydrogens is 1590 g/mol. The average molecular weight is 1660 g/mol. The fourth-order valence-corrected chi connectivity index (χ4v) is 23.3. The number of anilines is 16. The van der Waals surface area contributed by atoms with Gasteiger partial charge in [0.15, 0.2) is 5.58 Å². The summed E-state index contributed by atoms with van der Waals surface area (Å²) in [4.78, 5) is 19.9. The highest BCUT2D eigenvalue weighted by Crippen LogP contribution is 2.58. The first-order valence-corrected chi connectivity index (χ1v) is 45.1. The van der Waals surface area contributed by atoms with E-state index in [4.69, 9.17) is 8.83 Å². The number of fused-ring (bicyclic) bond motifs is 41. The number of thiophene rings is 1. The minimum Gasteiger partial charge on any atom is -0.456 e. The number of nitrogens with zero attached hydrogens (tertiary/aromatic N) is 8. The average Bonchev–Trinajstić information content (AvgIpc) is 1.55. The van der Waals surface area contributed by atoms with Gasteiger partial charge in [-0.25, -0.2) is 0 Å². The lowest BCUT2D eigenvalue weighted by atomic mass is 9.59. The Kier molecular flexibility index (Phi) is 16.5. The summed E-state index contributed by atoms with van der Waals surface area (Å²) in [5, 5.41) is 7.26. The maximum absolute atomic E-state index is 6.49. The molecule has 8 aliphatic heterocycles. The molecule has 15 heteroatoms. The van der Waals surface area contributed by atoms with Crippen LogP contribution in [0.5, 0.6) is 0 Å². The number of hydrogen-bond acceptors (Lipinski definition) is 11. The predicted octanol–water partition coefficient (Wildman–Crippen LogP) is 27.6. The molecule has 0 fully saturated rings. The van der Waals surface area contributed by atoms with Gasteiger partial charge in [-0.3, -0.25) is 0 Å². The van der Waals surface area contributed by atoms with Crippen LogP contribution in [-0.4, -0.2) is 27.9 Å². The molecular formula is C114H74B4N8O2S. The van der Waals surface area contributed by atoms with Crippen molar-refractivity contribution in [2.75, 3.05) is 38.5 Å². The highest BCUT2D eigenvalue weighted by Gasteiger charge is 2.53. The van der Waals surface area contributed by atoms with Crippen molar-refractivity contribution in [1.82, 2.24) is 0 Å². The summed E-state index contributed by atoms with van der Waals surface area (Å²) in [6.07, 6.45) is 0. The van der Waals surface area contributed by atoms with Gasteiger partial charge in [0, 0.05) is 99.1 Å². The maximum Gasteiger partial charge on any atom is 0.421 e. The van der Waals surface area contributed by atoms with Crippen LogP contribution in [0.1, 0.15) is 0 Å². The summed E-state index contributed by atoms with van der Waals surface area (Å²) in [5.41, 5.74) is 39.0. The molecule has 0 aliphatic carbocycles. The molecule has 129 heavy (non-hydrogen) atoms. The maximum atomic E-state index is 6.49. The molecule has 0 bridgehead atoms. The topological polar surface area (TPSA) is 52.2 Å². The van der Waals surface area contributed by atoms with E-state index in [1.165, 1.54) is 166 Å². The largest absolute Gasteiger partial charge is 0.456 e. The second-order valence-corrected chi connectivity index (χ2v) is 35.0. The quantitative estimate of drug-likeness (QED) is 0.159. The predicted molar refractivity (Wildman–Crippen MR) is 545 cm³/mol. The summed E-state index contributed by atoms with van der Waals surface area (Å²) >= 11 is 1.90. The monoisotopic (exact) mass is 1660 g/mol. The second kappa shape index (κ2) is 29.1.